The molecule has 2 amide bonds. The van der Waals surface area contributed by atoms with Crippen LogP contribution < -0.4 is 5.32 Å². The number of anilines is 1. The van der Waals surface area contributed by atoms with Crippen LogP contribution >= 0.6 is 0 Å². The minimum Gasteiger partial charge on any atom is -0.368 e. The molecule has 2 fully saturated rings. The highest BCUT2D eigenvalue weighted by molar-refractivity contribution is 5.94. The zero-order valence-electron chi connectivity index (χ0n) is 15.0. The van der Waals surface area contributed by atoms with Gasteiger partial charge < -0.3 is 15.0 Å². The number of nitrogens with one attached hydrogen (secondary N) is 1. The summed E-state index contributed by atoms with van der Waals surface area (Å²) in [6, 6.07) is 7.58. The van der Waals surface area contributed by atoms with Gasteiger partial charge in [0.15, 0.2) is 0 Å². The third-order valence-electron chi connectivity index (χ3n) is 5.04. The molecule has 1 aromatic rings. The van der Waals surface area contributed by atoms with Gasteiger partial charge in [-0.25, -0.2) is 0 Å². The largest absolute Gasteiger partial charge is 0.368 e. The molecule has 1 N–H and O–H groups in total. The van der Waals surface area contributed by atoms with Crippen LogP contribution in [0.4, 0.5) is 5.69 Å². The van der Waals surface area contributed by atoms with Crippen molar-refractivity contribution in [2.45, 2.75) is 38.8 Å². The van der Waals surface area contributed by atoms with Gasteiger partial charge in [-0.3, -0.25) is 14.5 Å². The number of ether oxygens (including phenoxy) is 1. The number of amides is 2. The molecule has 1 aromatic carbocycles. The molecule has 0 aliphatic carbocycles. The number of piperazine rings is 1. The summed E-state index contributed by atoms with van der Waals surface area (Å²) in [5, 5.41) is 2.98. The Bertz CT molecular complexity index is 620. The third kappa shape index (κ3) is 4.38. The Balaban J connectivity index is 1.49. The van der Waals surface area contributed by atoms with E-state index in [4.69, 9.17) is 4.74 Å². The summed E-state index contributed by atoms with van der Waals surface area (Å²) < 4.78 is 5.49. The van der Waals surface area contributed by atoms with Gasteiger partial charge in [0.05, 0.1) is 6.04 Å². The maximum absolute atomic E-state index is 12.5. The zero-order chi connectivity index (χ0) is 17.8. The average molecular weight is 345 g/mol. The molecule has 0 radical (unpaired) electrons. The summed E-state index contributed by atoms with van der Waals surface area (Å²) in [6.07, 6.45) is 1.54. The van der Waals surface area contributed by atoms with E-state index in [0.29, 0.717) is 32.8 Å². The minimum absolute atomic E-state index is 0.00972. The van der Waals surface area contributed by atoms with Gasteiger partial charge in [0.25, 0.3) is 5.91 Å². The van der Waals surface area contributed by atoms with Crippen LogP contribution in [0, 0.1) is 6.92 Å². The van der Waals surface area contributed by atoms with E-state index in [0.717, 1.165) is 24.1 Å². The summed E-state index contributed by atoms with van der Waals surface area (Å²) in [5.74, 6) is 0.0959. The van der Waals surface area contributed by atoms with Crippen LogP contribution in [0.2, 0.25) is 0 Å². The molecule has 2 atom stereocenters. The smallest absolute Gasteiger partial charge is 0.251 e. The van der Waals surface area contributed by atoms with E-state index in [9.17, 15) is 9.59 Å². The fraction of sp³-hybridized carbons (Fsp3) is 0.579. The van der Waals surface area contributed by atoms with E-state index < -0.39 is 0 Å². The highest BCUT2D eigenvalue weighted by atomic mass is 16.5. The van der Waals surface area contributed by atoms with Gasteiger partial charge in [-0.15, -0.1) is 0 Å². The third-order valence-corrected chi connectivity index (χ3v) is 5.04. The molecule has 2 aliphatic heterocycles. The van der Waals surface area contributed by atoms with Crippen molar-refractivity contribution < 1.29 is 14.3 Å². The SMILES string of the molecule is Cc1cccc(NC(=O)[C@@H](C)N2CCN(C(=O)[C@@H]3CCCO3)CC2)c1. The van der Waals surface area contributed by atoms with E-state index in [2.05, 4.69) is 10.2 Å². The number of carbonyl (C=O) groups is 2. The summed E-state index contributed by atoms with van der Waals surface area (Å²) in [5.41, 5.74) is 1.94. The fourth-order valence-corrected chi connectivity index (χ4v) is 3.44. The molecule has 2 heterocycles. The van der Waals surface area contributed by atoms with Gasteiger partial charge in [0.2, 0.25) is 5.91 Å². The van der Waals surface area contributed by atoms with Crippen molar-refractivity contribution in [3.05, 3.63) is 29.8 Å². The molecule has 0 aromatic heterocycles. The van der Waals surface area contributed by atoms with Gasteiger partial charge in [-0.05, 0) is 44.4 Å². The number of rotatable bonds is 4. The Morgan fingerprint density at radius 2 is 2.00 bits per heavy atom. The summed E-state index contributed by atoms with van der Waals surface area (Å²) in [7, 11) is 0. The lowest BCUT2D eigenvalue weighted by Crippen LogP contribution is -2.55. The molecule has 2 aliphatic rings. The predicted octanol–water partition coefficient (Wildman–Crippen LogP) is 1.65. The second kappa shape index (κ2) is 7.97. The van der Waals surface area contributed by atoms with E-state index in [1.165, 1.54) is 0 Å². The highest BCUT2D eigenvalue weighted by Crippen LogP contribution is 2.17. The summed E-state index contributed by atoms with van der Waals surface area (Å²) in [6.45, 7) is 7.34. The quantitative estimate of drug-likeness (QED) is 0.901. The first-order valence-corrected chi connectivity index (χ1v) is 9.06. The molecular weight excluding hydrogens is 318 g/mol. The fourth-order valence-electron chi connectivity index (χ4n) is 3.44. The normalized spacial score (nSPS) is 22.6. The number of nitrogens with zero attached hydrogens (tertiary/aromatic N) is 2. The van der Waals surface area contributed by atoms with Crippen LogP contribution in [0.3, 0.4) is 0 Å². The molecule has 0 spiro atoms. The zero-order valence-corrected chi connectivity index (χ0v) is 15.0. The molecule has 3 rings (SSSR count). The Hall–Kier alpha value is -1.92. The van der Waals surface area contributed by atoms with Gasteiger partial charge in [-0.2, -0.15) is 0 Å². The molecule has 0 bridgehead atoms. The number of hydrogen-bond acceptors (Lipinski definition) is 4. The van der Waals surface area contributed by atoms with Crippen LogP contribution in [0.1, 0.15) is 25.3 Å². The number of hydrogen-bond donors (Lipinski definition) is 1. The summed E-state index contributed by atoms with van der Waals surface area (Å²) in [4.78, 5) is 28.9. The number of aryl methyl sites for hydroxylation is 1. The predicted molar refractivity (Wildman–Crippen MR) is 96.4 cm³/mol. The molecule has 0 unspecified atom stereocenters. The minimum atomic E-state index is -0.256. The molecule has 0 saturated carbocycles. The lowest BCUT2D eigenvalue weighted by Gasteiger charge is -2.38. The van der Waals surface area contributed by atoms with Crippen molar-refractivity contribution in [2.24, 2.45) is 0 Å². The van der Waals surface area contributed by atoms with Crippen molar-refractivity contribution >= 4 is 17.5 Å². The van der Waals surface area contributed by atoms with Crippen LogP contribution in [0.5, 0.6) is 0 Å². The van der Waals surface area contributed by atoms with Crippen LogP contribution in [-0.4, -0.2) is 66.5 Å². The average Bonchev–Trinajstić information content (AvgIpc) is 3.15. The van der Waals surface area contributed by atoms with Gasteiger partial charge in [0, 0.05) is 38.5 Å². The molecule has 6 nitrogen and oxygen atoms in total. The maximum atomic E-state index is 12.5. The van der Waals surface area contributed by atoms with E-state index in [-0.39, 0.29) is 24.0 Å². The molecule has 2 saturated heterocycles. The van der Waals surface area contributed by atoms with Crippen LogP contribution in [0.15, 0.2) is 24.3 Å². The second-order valence-corrected chi connectivity index (χ2v) is 6.90. The van der Waals surface area contributed by atoms with Crippen molar-refractivity contribution in [3.63, 3.8) is 0 Å². The van der Waals surface area contributed by atoms with Crippen LogP contribution in [-0.2, 0) is 14.3 Å². The van der Waals surface area contributed by atoms with E-state index in [1.54, 1.807) is 0 Å². The Morgan fingerprint density at radius 1 is 1.24 bits per heavy atom. The maximum Gasteiger partial charge on any atom is 0.251 e. The number of carbonyl (C=O) groups excluding carboxylic acids is 2. The van der Waals surface area contributed by atoms with E-state index >= 15 is 0 Å². The lowest BCUT2D eigenvalue weighted by molar-refractivity contribution is -0.143. The first kappa shape index (κ1) is 17.9. The van der Waals surface area contributed by atoms with Gasteiger partial charge >= 0.3 is 0 Å². The highest BCUT2D eigenvalue weighted by Gasteiger charge is 2.32. The standard InChI is InChI=1S/C19H27N3O3/c1-14-5-3-6-16(13-14)20-18(23)15(2)21-8-10-22(11-9-21)19(24)17-7-4-12-25-17/h3,5-6,13,15,17H,4,7-12H2,1-2H3,(H,20,23)/t15-,17+/m1/s1. The van der Waals surface area contributed by atoms with E-state index in [1.807, 2.05) is 43.0 Å². The Kier molecular flexibility index (Phi) is 5.71. The molecule has 6 heteroatoms. The molecular formula is C19H27N3O3. The van der Waals surface area contributed by atoms with Crippen molar-refractivity contribution in [3.8, 4) is 0 Å². The summed E-state index contributed by atoms with van der Waals surface area (Å²) >= 11 is 0. The van der Waals surface area contributed by atoms with Crippen molar-refractivity contribution in [1.29, 1.82) is 0 Å². The van der Waals surface area contributed by atoms with Crippen molar-refractivity contribution in [2.75, 3.05) is 38.1 Å². The number of benzene rings is 1. The lowest BCUT2D eigenvalue weighted by atomic mass is 10.1. The molecule has 25 heavy (non-hydrogen) atoms. The first-order valence-electron chi connectivity index (χ1n) is 9.06. The Labute approximate surface area is 149 Å². The van der Waals surface area contributed by atoms with Gasteiger partial charge in [-0.1, -0.05) is 12.1 Å². The topological polar surface area (TPSA) is 61.9 Å². The first-order chi connectivity index (χ1) is 12.0. The van der Waals surface area contributed by atoms with Crippen molar-refractivity contribution in [1.82, 2.24) is 9.80 Å². The van der Waals surface area contributed by atoms with Crippen LogP contribution in [0.25, 0.3) is 0 Å². The molecule has 136 valence electrons. The second-order valence-electron chi connectivity index (χ2n) is 6.90. The monoisotopic (exact) mass is 345 g/mol. The van der Waals surface area contributed by atoms with Gasteiger partial charge in [0.1, 0.15) is 6.10 Å². The Morgan fingerprint density at radius 3 is 2.64 bits per heavy atom.